The van der Waals surface area contributed by atoms with Crippen LogP contribution in [0.1, 0.15) is 12.5 Å². The second kappa shape index (κ2) is 6.97. The van der Waals surface area contributed by atoms with Crippen LogP contribution < -0.4 is 11.1 Å². The van der Waals surface area contributed by atoms with Gasteiger partial charge in [-0.15, -0.1) is 0 Å². The molecule has 0 saturated carbocycles. The van der Waals surface area contributed by atoms with Crippen molar-refractivity contribution in [3.05, 3.63) is 88.4 Å². The van der Waals surface area contributed by atoms with E-state index in [1.807, 2.05) is 48.5 Å². The number of nitrogens with one attached hydrogen (secondary N) is 1. The van der Waals surface area contributed by atoms with Crippen LogP contribution in [0.5, 0.6) is 0 Å². The quantitative estimate of drug-likeness (QED) is 0.424. The van der Waals surface area contributed by atoms with Gasteiger partial charge in [-0.1, -0.05) is 36.4 Å². The summed E-state index contributed by atoms with van der Waals surface area (Å²) in [5.41, 5.74) is 5.65. The van der Waals surface area contributed by atoms with Gasteiger partial charge in [0.15, 0.2) is 0 Å². The number of carbonyl (C=O) groups excluding carboxylic acids is 1. The molecule has 1 aliphatic heterocycles. The number of hydrogen-bond acceptors (Lipinski definition) is 5. The molecule has 0 bridgehead atoms. The molecule has 2 aromatic carbocycles. The van der Waals surface area contributed by atoms with Gasteiger partial charge < -0.3 is 4.42 Å². The summed E-state index contributed by atoms with van der Waals surface area (Å²) in [6.45, 7) is 1.75. The zero-order chi connectivity index (χ0) is 20.7. The second-order valence-electron chi connectivity index (χ2n) is 6.89. The van der Waals surface area contributed by atoms with Crippen LogP contribution in [0, 0.1) is 0 Å². The van der Waals surface area contributed by atoms with E-state index in [1.54, 1.807) is 36.0 Å². The second-order valence-corrected chi connectivity index (χ2v) is 6.89. The van der Waals surface area contributed by atoms with Crippen LogP contribution in [0.15, 0.2) is 86.7 Å². The van der Waals surface area contributed by atoms with Crippen molar-refractivity contribution in [3.8, 4) is 16.9 Å². The van der Waals surface area contributed by atoms with Crippen molar-refractivity contribution in [2.75, 3.05) is 0 Å². The van der Waals surface area contributed by atoms with Crippen molar-refractivity contribution in [2.45, 2.75) is 6.92 Å². The third kappa shape index (κ3) is 3.02. The molecule has 0 fully saturated rings. The highest BCUT2D eigenvalue weighted by Gasteiger charge is 2.22. The molecular weight excluding hydrogens is 380 g/mol. The third-order valence-electron chi connectivity index (χ3n) is 4.92. The number of fused-ring (bicyclic) bond motifs is 1. The number of para-hydroxylation sites is 2. The van der Waals surface area contributed by atoms with Crippen molar-refractivity contribution in [2.24, 2.45) is 5.10 Å². The number of carbonyl (C=O) groups is 1. The lowest BCUT2D eigenvalue weighted by molar-refractivity contribution is -0.116. The fourth-order valence-corrected chi connectivity index (χ4v) is 3.39. The van der Waals surface area contributed by atoms with Gasteiger partial charge in [0, 0.05) is 17.1 Å². The molecule has 0 aliphatic carbocycles. The molecule has 0 saturated heterocycles. The van der Waals surface area contributed by atoms with Crippen molar-refractivity contribution in [3.63, 3.8) is 0 Å². The van der Waals surface area contributed by atoms with E-state index in [4.69, 9.17) is 4.42 Å². The fourth-order valence-electron chi connectivity index (χ4n) is 3.39. The van der Waals surface area contributed by atoms with Crippen LogP contribution in [-0.4, -0.2) is 21.4 Å². The van der Waals surface area contributed by atoms with Gasteiger partial charge in [-0.3, -0.25) is 4.79 Å². The lowest BCUT2D eigenvalue weighted by Crippen LogP contribution is -2.12. The standard InChI is InChI=1S/C23H16N4O3/c1-14-18(22(28)25-24-14)12-16-13-27(17-8-3-2-4-9-17)26-21(16)19-11-15-7-5-6-10-20(15)30-23(19)29/h2-13H,1H3,(H,25,28)/b18-12-. The largest absolute Gasteiger partial charge is 0.422 e. The van der Waals surface area contributed by atoms with E-state index in [0.717, 1.165) is 11.1 Å². The zero-order valence-corrected chi connectivity index (χ0v) is 16.0. The van der Waals surface area contributed by atoms with Gasteiger partial charge >= 0.3 is 5.63 Å². The van der Waals surface area contributed by atoms with E-state index in [9.17, 15) is 9.59 Å². The number of rotatable bonds is 3. The molecule has 7 heteroatoms. The molecule has 2 aromatic heterocycles. The summed E-state index contributed by atoms with van der Waals surface area (Å²) in [6, 6.07) is 18.6. The molecule has 0 radical (unpaired) electrons. The summed E-state index contributed by atoms with van der Waals surface area (Å²) in [5, 5.41) is 9.40. The van der Waals surface area contributed by atoms with E-state index in [2.05, 4.69) is 15.6 Å². The maximum atomic E-state index is 12.8. The van der Waals surface area contributed by atoms with Crippen LogP contribution >= 0.6 is 0 Å². The maximum absolute atomic E-state index is 12.8. The Labute approximate surface area is 171 Å². The van der Waals surface area contributed by atoms with Crippen LogP contribution in [0.4, 0.5) is 0 Å². The van der Waals surface area contributed by atoms with Gasteiger partial charge in [-0.25, -0.2) is 14.9 Å². The van der Waals surface area contributed by atoms with Crippen LogP contribution in [0.2, 0.25) is 0 Å². The minimum absolute atomic E-state index is 0.295. The SMILES string of the molecule is CC1=NNC(=O)/C1=C\c1cn(-c2ccccc2)nc1-c1cc2ccccc2oc1=O. The first-order valence-corrected chi connectivity index (χ1v) is 9.35. The molecule has 3 heterocycles. The summed E-state index contributed by atoms with van der Waals surface area (Å²) >= 11 is 0. The molecule has 0 unspecified atom stereocenters. The summed E-state index contributed by atoms with van der Waals surface area (Å²) in [6.07, 6.45) is 3.47. The minimum atomic E-state index is -0.493. The average Bonchev–Trinajstić information content (AvgIpc) is 3.32. The minimum Gasteiger partial charge on any atom is -0.422 e. The lowest BCUT2D eigenvalue weighted by Gasteiger charge is -2.02. The maximum Gasteiger partial charge on any atom is 0.345 e. The smallest absolute Gasteiger partial charge is 0.345 e. The molecule has 5 rings (SSSR count). The van der Waals surface area contributed by atoms with Crippen molar-refractivity contribution < 1.29 is 9.21 Å². The number of hydrogen-bond donors (Lipinski definition) is 1. The van der Waals surface area contributed by atoms with E-state index >= 15 is 0 Å². The summed E-state index contributed by atoms with van der Waals surface area (Å²) < 4.78 is 7.18. The highest BCUT2D eigenvalue weighted by Crippen LogP contribution is 2.27. The first kappa shape index (κ1) is 17.8. The Kier molecular flexibility index (Phi) is 4.14. The first-order chi connectivity index (χ1) is 14.6. The lowest BCUT2D eigenvalue weighted by atomic mass is 10.0. The van der Waals surface area contributed by atoms with Gasteiger partial charge in [0.1, 0.15) is 11.3 Å². The van der Waals surface area contributed by atoms with Gasteiger partial charge in [0.2, 0.25) is 0 Å². The molecule has 146 valence electrons. The molecule has 1 amide bonds. The summed E-state index contributed by atoms with van der Waals surface area (Å²) in [4.78, 5) is 24.9. The Morgan fingerprint density at radius 1 is 1.03 bits per heavy atom. The van der Waals surface area contributed by atoms with Gasteiger partial charge in [-0.2, -0.15) is 10.2 Å². The number of hydrazone groups is 1. The Balaban J connectivity index is 1.75. The molecule has 30 heavy (non-hydrogen) atoms. The van der Waals surface area contributed by atoms with Gasteiger partial charge in [0.25, 0.3) is 5.91 Å². The molecule has 1 N–H and O–H groups in total. The number of benzene rings is 2. The normalized spacial score (nSPS) is 14.9. The van der Waals surface area contributed by atoms with E-state index in [1.165, 1.54) is 0 Å². The number of nitrogens with zero attached hydrogens (tertiary/aromatic N) is 3. The first-order valence-electron chi connectivity index (χ1n) is 9.35. The number of amides is 1. The molecular formula is C23H16N4O3. The van der Waals surface area contributed by atoms with Crippen LogP contribution in [-0.2, 0) is 4.79 Å². The average molecular weight is 396 g/mol. The zero-order valence-electron chi connectivity index (χ0n) is 16.0. The van der Waals surface area contributed by atoms with Crippen molar-refractivity contribution >= 4 is 28.7 Å². The number of aromatic nitrogens is 2. The molecule has 4 aromatic rings. The Morgan fingerprint density at radius 2 is 1.80 bits per heavy atom. The topological polar surface area (TPSA) is 89.5 Å². The molecule has 0 spiro atoms. The molecule has 0 atom stereocenters. The predicted molar refractivity (Wildman–Crippen MR) is 114 cm³/mol. The van der Waals surface area contributed by atoms with E-state index in [0.29, 0.717) is 33.7 Å². The Bertz CT molecular complexity index is 1410. The third-order valence-corrected chi connectivity index (χ3v) is 4.92. The van der Waals surface area contributed by atoms with E-state index in [-0.39, 0.29) is 5.91 Å². The summed E-state index contributed by atoms with van der Waals surface area (Å²) in [5.74, 6) is -0.295. The summed E-state index contributed by atoms with van der Waals surface area (Å²) in [7, 11) is 0. The van der Waals surface area contributed by atoms with Crippen LogP contribution in [0.25, 0.3) is 34.0 Å². The predicted octanol–water partition coefficient (Wildman–Crippen LogP) is 3.53. The van der Waals surface area contributed by atoms with E-state index < -0.39 is 5.63 Å². The Morgan fingerprint density at radius 3 is 2.57 bits per heavy atom. The Hall–Kier alpha value is -4.26. The van der Waals surface area contributed by atoms with Gasteiger partial charge in [-0.05, 0) is 37.3 Å². The highest BCUT2D eigenvalue weighted by molar-refractivity contribution is 6.26. The highest BCUT2D eigenvalue weighted by atomic mass is 16.4. The molecule has 1 aliphatic rings. The van der Waals surface area contributed by atoms with Crippen LogP contribution in [0.3, 0.4) is 0 Å². The van der Waals surface area contributed by atoms with Crippen molar-refractivity contribution in [1.82, 2.24) is 15.2 Å². The van der Waals surface area contributed by atoms with Gasteiger partial charge in [0.05, 0.1) is 22.5 Å². The fraction of sp³-hybridized carbons (Fsp3) is 0.0435. The molecule has 7 nitrogen and oxygen atoms in total. The monoisotopic (exact) mass is 396 g/mol. The van der Waals surface area contributed by atoms with Crippen molar-refractivity contribution in [1.29, 1.82) is 0 Å².